The number of nitro groups is 1. The molecule has 0 bridgehead atoms. The van der Waals surface area contributed by atoms with Crippen molar-refractivity contribution in [2.24, 2.45) is 7.05 Å². The van der Waals surface area contributed by atoms with Gasteiger partial charge in [0.1, 0.15) is 5.69 Å². The summed E-state index contributed by atoms with van der Waals surface area (Å²) in [5.74, 6) is 0.463. The second kappa shape index (κ2) is 3.42. The number of rotatable bonds is 3. The Morgan fingerprint density at radius 3 is 2.77 bits per heavy atom. The van der Waals surface area contributed by atoms with Crippen molar-refractivity contribution in [3.05, 3.63) is 15.8 Å². The summed E-state index contributed by atoms with van der Waals surface area (Å²) < 4.78 is 1.48. The molecule has 1 rings (SSSR count). The maximum atomic E-state index is 10.6. The second-order valence-electron chi connectivity index (χ2n) is 2.69. The van der Waals surface area contributed by atoms with E-state index in [0.29, 0.717) is 18.1 Å². The average molecular weight is 184 g/mol. The molecule has 72 valence electrons. The fraction of sp³-hybridized carbons (Fsp3) is 0.571. The molecule has 1 aromatic rings. The smallest absolute Gasteiger partial charge is 0.333 e. The fourth-order valence-corrected chi connectivity index (χ4v) is 1.23. The lowest BCUT2D eigenvalue weighted by molar-refractivity contribution is -0.384. The first-order chi connectivity index (χ1) is 6.07. The first kappa shape index (κ1) is 9.50. The maximum absolute atomic E-state index is 10.6. The Bertz CT molecular complexity index is 331. The van der Waals surface area contributed by atoms with Gasteiger partial charge in [-0.15, -0.1) is 0 Å². The summed E-state index contributed by atoms with van der Waals surface area (Å²) in [4.78, 5) is 10.2. The molecule has 0 unspecified atom stereocenters. The third-order valence-electron chi connectivity index (χ3n) is 1.72. The predicted molar refractivity (Wildman–Crippen MR) is 48.8 cm³/mol. The number of aromatic nitrogens is 2. The van der Waals surface area contributed by atoms with Gasteiger partial charge in [-0.3, -0.25) is 10.1 Å². The van der Waals surface area contributed by atoms with Crippen molar-refractivity contribution >= 4 is 11.5 Å². The maximum Gasteiger partial charge on any atom is 0.333 e. The van der Waals surface area contributed by atoms with Crippen LogP contribution in [-0.2, 0) is 7.05 Å². The van der Waals surface area contributed by atoms with Crippen LogP contribution >= 0.6 is 0 Å². The van der Waals surface area contributed by atoms with E-state index in [0.717, 1.165) is 0 Å². The van der Waals surface area contributed by atoms with Crippen molar-refractivity contribution in [1.82, 2.24) is 9.78 Å². The Balaban J connectivity index is 3.20. The molecular formula is C7H12N4O2. The van der Waals surface area contributed by atoms with Crippen molar-refractivity contribution in [3.63, 3.8) is 0 Å². The first-order valence-electron chi connectivity index (χ1n) is 3.99. The third kappa shape index (κ3) is 1.61. The van der Waals surface area contributed by atoms with E-state index in [1.54, 1.807) is 14.0 Å². The van der Waals surface area contributed by atoms with Gasteiger partial charge in [-0.2, -0.15) is 5.10 Å². The van der Waals surface area contributed by atoms with E-state index in [2.05, 4.69) is 10.4 Å². The molecule has 0 aliphatic carbocycles. The van der Waals surface area contributed by atoms with Crippen molar-refractivity contribution in [3.8, 4) is 0 Å². The van der Waals surface area contributed by atoms with E-state index >= 15 is 0 Å². The zero-order valence-electron chi connectivity index (χ0n) is 7.87. The van der Waals surface area contributed by atoms with Gasteiger partial charge in [-0.05, 0) is 13.8 Å². The van der Waals surface area contributed by atoms with Gasteiger partial charge in [0, 0.05) is 13.6 Å². The summed E-state index contributed by atoms with van der Waals surface area (Å²) in [6.45, 7) is 4.14. The highest BCUT2D eigenvalue weighted by atomic mass is 16.6. The number of hydrogen-bond acceptors (Lipinski definition) is 4. The van der Waals surface area contributed by atoms with Crippen LogP contribution in [0.4, 0.5) is 11.5 Å². The summed E-state index contributed by atoms with van der Waals surface area (Å²) in [6.07, 6.45) is 0. The van der Waals surface area contributed by atoms with Crippen LogP contribution in [0, 0.1) is 17.0 Å². The molecule has 6 heteroatoms. The van der Waals surface area contributed by atoms with Crippen molar-refractivity contribution in [2.45, 2.75) is 13.8 Å². The van der Waals surface area contributed by atoms with Crippen LogP contribution in [-0.4, -0.2) is 21.2 Å². The summed E-state index contributed by atoms with van der Waals surface area (Å²) in [5.41, 5.74) is 0.493. The number of anilines is 1. The zero-order chi connectivity index (χ0) is 10.0. The Kier molecular flexibility index (Phi) is 2.50. The molecule has 13 heavy (non-hydrogen) atoms. The number of aryl methyl sites for hydroxylation is 2. The van der Waals surface area contributed by atoms with Gasteiger partial charge >= 0.3 is 5.69 Å². The SMILES string of the molecule is CCNc1c([N+](=O)[O-])c(C)nn1C. The van der Waals surface area contributed by atoms with E-state index in [4.69, 9.17) is 0 Å². The van der Waals surface area contributed by atoms with E-state index in [1.165, 1.54) is 4.68 Å². The molecule has 0 radical (unpaired) electrons. The minimum absolute atomic E-state index is 0.0596. The van der Waals surface area contributed by atoms with Crippen LogP contribution in [0.15, 0.2) is 0 Å². The molecule has 0 saturated heterocycles. The number of nitrogens with zero attached hydrogens (tertiary/aromatic N) is 3. The van der Waals surface area contributed by atoms with Crippen molar-refractivity contribution in [1.29, 1.82) is 0 Å². The molecule has 0 amide bonds. The van der Waals surface area contributed by atoms with Crippen molar-refractivity contribution in [2.75, 3.05) is 11.9 Å². The van der Waals surface area contributed by atoms with Crippen LogP contribution in [0.3, 0.4) is 0 Å². The summed E-state index contributed by atoms with van der Waals surface area (Å²) in [6, 6.07) is 0. The van der Waals surface area contributed by atoms with Crippen LogP contribution < -0.4 is 5.32 Å². The van der Waals surface area contributed by atoms with E-state index in [1.807, 2.05) is 6.92 Å². The standard InChI is InChI=1S/C7H12N4O2/c1-4-8-7-6(11(12)13)5(2)9-10(7)3/h8H,4H2,1-3H3. The molecule has 0 saturated carbocycles. The molecule has 0 atom stereocenters. The Hall–Kier alpha value is -1.59. The van der Waals surface area contributed by atoms with Gasteiger partial charge in [0.25, 0.3) is 0 Å². The van der Waals surface area contributed by atoms with Gasteiger partial charge in [0.05, 0.1) is 4.92 Å². The largest absolute Gasteiger partial charge is 0.365 e. The molecule has 0 aromatic carbocycles. The minimum atomic E-state index is -0.416. The first-order valence-corrected chi connectivity index (χ1v) is 3.99. The Morgan fingerprint density at radius 1 is 1.69 bits per heavy atom. The molecule has 0 aliphatic rings. The highest BCUT2D eigenvalue weighted by Gasteiger charge is 2.22. The van der Waals surface area contributed by atoms with Gasteiger partial charge in [0.15, 0.2) is 0 Å². The normalized spacial score (nSPS) is 10.1. The number of nitrogens with one attached hydrogen (secondary N) is 1. The van der Waals surface area contributed by atoms with E-state index in [9.17, 15) is 10.1 Å². The van der Waals surface area contributed by atoms with Crippen LogP contribution in [0.5, 0.6) is 0 Å². The molecular weight excluding hydrogens is 172 g/mol. The summed E-state index contributed by atoms with van der Waals surface area (Å²) in [5, 5.41) is 17.5. The summed E-state index contributed by atoms with van der Waals surface area (Å²) >= 11 is 0. The molecule has 0 fully saturated rings. The second-order valence-corrected chi connectivity index (χ2v) is 2.69. The van der Waals surface area contributed by atoms with Gasteiger partial charge in [0.2, 0.25) is 5.82 Å². The van der Waals surface area contributed by atoms with Crippen molar-refractivity contribution < 1.29 is 4.92 Å². The molecule has 0 spiro atoms. The average Bonchev–Trinajstić information content (AvgIpc) is 2.27. The van der Waals surface area contributed by atoms with E-state index in [-0.39, 0.29) is 5.69 Å². The lowest BCUT2D eigenvalue weighted by Crippen LogP contribution is -2.05. The molecule has 6 nitrogen and oxygen atoms in total. The number of hydrogen-bond donors (Lipinski definition) is 1. The highest BCUT2D eigenvalue weighted by Crippen LogP contribution is 2.26. The molecule has 1 N–H and O–H groups in total. The lowest BCUT2D eigenvalue weighted by Gasteiger charge is -2.01. The van der Waals surface area contributed by atoms with Gasteiger partial charge in [-0.25, -0.2) is 4.68 Å². The fourth-order valence-electron chi connectivity index (χ4n) is 1.23. The van der Waals surface area contributed by atoms with Gasteiger partial charge in [-0.1, -0.05) is 0 Å². The van der Waals surface area contributed by atoms with Gasteiger partial charge < -0.3 is 5.32 Å². The lowest BCUT2D eigenvalue weighted by atomic mass is 10.4. The third-order valence-corrected chi connectivity index (χ3v) is 1.72. The quantitative estimate of drug-likeness (QED) is 0.563. The molecule has 0 aliphatic heterocycles. The Labute approximate surface area is 75.7 Å². The van der Waals surface area contributed by atoms with Crippen LogP contribution in [0.2, 0.25) is 0 Å². The minimum Gasteiger partial charge on any atom is -0.365 e. The van der Waals surface area contributed by atoms with Crippen LogP contribution in [0.25, 0.3) is 0 Å². The molecule has 1 heterocycles. The Morgan fingerprint density at radius 2 is 2.31 bits per heavy atom. The predicted octanol–water partition coefficient (Wildman–Crippen LogP) is 1.07. The van der Waals surface area contributed by atoms with E-state index < -0.39 is 4.92 Å². The topological polar surface area (TPSA) is 73.0 Å². The summed E-state index contributed by atoms with van der Waals surface area (Å²) in [7, 11) is 1.68. The highest BCUT2D eigenvalue weighted by molar-refractivity contribution is 5.59. The van der Waals surface area contributed by atoms with Crippen LogP contribution in [0.1, 0.15) is 12.6 Å². The molecule has 1 aromatic heterocycles. The zero-order valence-corrected chi connectivity index (χ0v) is 7.87. The monoisotopic (exact) mass is 184 g/mol.